The van der Waals surface area contributed by atoms with Crippen LogP contribution in [-0.2, 0) is 19.1 Å². The standard InChI is InChI=1S/C11H15NO4S/c1-8-4-6-10(7-5-8)17(14,15)16-9(2)11(13)12-3/h4-7,9H,1-3H3,(H,12,13). The summed E-state index contributed by atoms with van der Waals surface area (Å²) in [5.74, 6) is -0.485. The Morgan fingerprint density at radius 3 is 2.29 bits per heavy atom. The summed E-state index contributed by atoms with van der Waals surface area (Å²) >= 11 is 0. The third-order valence-corrected chi connectivity index (χ3v) is 3.59. The highest BCUT2D eigenvalue weighted by Gasteiger charge is 2.22. The molecule has 0 aromatic heterocycles. The van der Waals surface area contributed by atoms with Crippen LogP contribution in [0.4, 0.5) is 0 Å². The monoisotopic (exact) mass is 257 g/mol. The van der Waals surface area contributed by atoms with Gasteiger partial charge in [0, 0.05) is 7.05 Å². The molecule has 1 aromatic rings. The first-order valence-electron chi connectivity index (χ1n) is 5.08. The molecule has 1 atom stereocenters. The molecular weight excluding hydrogens is 242 g/mol. The number of aryl methyl sites for hydroxylation is 1. The first-order valence-corrected chi connectivity index (χ1v) is 6.49. The normalized spacial score (nSPS) is 13.1. The van der Waals surface area contributed by atoms with E-state index in [-0.39, 0.29) is 4.90 Å². The van der Waals surface area contributed by atoms with Gasteiger partial charge in [0.1, 0.15) is 0 Å². The minimum Gasteiger partial charge on any atom is -0.357 e. The molecule has 0 saturated carbocycles. The van der Waals surface area contributed by atoms with Crippen molar-refractivity contribution >= 4 is 16.0 Å². The average Bonchev–Trinajstić information content (AvgIpc) is 2.27. The summed E-state index contributed by atoms with van der Waals surface area (Å²) in [6, 6.07) is 6.23. The molecule has 0 heterocycles. The van der Waals surface area contributed by atoms with E-state index in [2.05, 4.69) is 5.32 Å². The molecule has 1 N–H and O–H groups in total. The Hall–Kier alpha value is -1.40. The third kappa shape index (κ3) is 3.54. The SMILES string of the molecule is CNC(=O)C(C)OS(=O)(=O)c1ccc(C)cc1. The number of hydrogen-bond donors (Lipinski definition) is 1. The van der Waals surface area contributed by atoms with Gasteiger partial charge in [0.05, 0.1) is 4.90 Å². The number of nitrogens with one attached hydrogen (secondary N) is 1. The molecule has 0 spiro atoms. The molecule has 0 aliphatic heterocycles. The highest BCUT2D eigenvalue weighted by atomic mass is 32.2. The van der Waals surface area contributed by atoms with Crippen LogP contribution in [-0.4, -0.2) is 27.5 Å². The van der Waals surface area contributed by atoms with Gasteiger partial charge in [-0.3, -0.25) is 8.98 Å². The first kappa shape index (κ1) is 13.7. The Bertz CT molecular complexity index is 493. The molecule has 0 aliphatic carbocycles. The predicted molar refractivity (Wildman–Crippen MR) is 63.0 cm³/mol. The lowest BCUT2D eigenvalue weighted by Crippen LogP contribution is -2.33. The van der Waals surface area contributed by atoms with E-state index >= 15 is 0 Å². The van der Waals surface area contributed by atoms with Crippen LogP contribution in [0.2, 0.25) is 0 Å². The molecular formula is C11H15NO4S. The molecule has 94 valence electrons. The highest BCUT2D eigenvalue weighted by molar-refractivity contribution is 7.86. The summed E-state index contributed by atoms with van der Waals surface area (Å²) in [6.07, 6.45) is -1.05. The van der Waals surface area contributed by atoms with E-state index < -0.39 is 22.1 Å². The van der Waals surface area contributed by atoms with Gasteiger partial charge in [-0.1, -0.05) is 17.7 Å². The predicted octanol–water partition coefficient (Wildman–Crippen LogP) is 0.835. The molecule has 1 unspecified atom stereocenters. The van der Waals surface area contributed by atoms with Crippen LogP contribution in [0.3, 0.4) is 0 Å². The van der Waals surface area contributed by atoms with Gasteiger partial charge in [-0.25, -0.2) is 0 Å². The fraction of sp³-hybridized carbons (Fsp3) is 0.364. The Morgan fingerprint density at radius 2 is 1.82 bits per heavy atom. The summed E-state index contributed by atoms with van der Waals surface area (Å²) in [5, 5.41) is 2.32. The Kier molecular flexibility index (Phi) is 4.25. The topological polar surface area (TPSA) is 72.5 Å². The van der Waals surface area contributed by atoms with Crippen molar-refractivity contribution < 1.29 is 17.4 Å². The van der Waals surface area contributed by atoms with Crippen LogP contribution < -0.4 is 5.32 Å². The molecule has 6 heteroatoms. The van der Waals surface area contributed by atoms with E-state index in [1.54, 1.807) is 12.1 Å². The summed E-state index contributed by atoms with van der Waals surface area (Å²) < 4.78 is 28.3. The van der Waals surface area contributed by atoms with Gasteiger partial charge < -0.3 is 5.32 Å². The van der Waals surface area contributed by atoms with Gasteiger partial charge >= 0.3 is 0 Å². The summed E-state index contributed by atoms with van der Waals surface area (Å²) in [7, 11) is -2.47. The third-order valence-electron chi connectivity index (χ3n) is 2.20. The fourth-order valence-corrected chi connectivity index (χ4v) is 2.25. The van der Waals surface area contributed by atoms with Gasteiger partial charge in [-0.15, -0.1) is 0 Å². The number of likely N-dealkylation sites (N-methyl/N-ethyl adjacent to an activating group) is 1. The smallest absolute Gasteiger partial charge is 0.297 e. The molecule has 1 rings (SSSR count). The number of hydrogen-bond acceptors (Lipinski definition) is 4. The van der Waals surface area contributed by atoms with E-state index in [9.17, 15) is 13.2 Å². The lowest BCUT2D eigenvalue weighted by atomic mass is 10.2. The van der Waals surface area contributed by atoms with Crippen molar-refractivity contribution in [2.75, 3.05) is 7.05 Å². The van der Waals surface area contributed by atoms with Crippen LogP contribution >= 0.6 is 0 Å². The van der Waals surface area contributed by atoms with Gasteiger partial charge in [0.15, 0.2) is 6.10 Å². The number of rotatable bonds is 4. The van der Waals surface area contributed by atoms with Crippen molar-refractivity contribution in [1.29, 1.82) is 0 Å². The van der Waals surface area contributed by atoms with Crippen molar-refractivity contribution in [1.82, 2.24) is 5.32 Å². The summed E-state index contributed by atoms with van der Waals surface area (Å²) in [5.41, 5.74) is 0.947. The fourth-order valence-electron chi connectivity index (χ4n) is 1.20. The number of benzene rings is 1. The minimum atomic E-state index is -3.89. The molecule has 0 fully saturated rings. The Balaban J connectivity index is 2.89. The number of amides is 1. The van der Waals surface area contributed by atoms with Crippen molar-refractivity contribution in [2.24, 2.45) is 0 Å². The molecule has 1 aromatic carbocycles. The van der Waals surface area contributed by atoms with Crippen LogP contribution in [0.15, 0.2) is 29.2 Å². The minimum absolute atomic E-state index is 0.0406. The van der Waals surface area contributed by atoms with Crippen molar-refractivity contribution in [3.63, 3.8) is 0 Å². The average molecular weight is 257 g/mol. The molecule has 17 heavy (non-hydrogen) atoms. The van der Waals surface area contributed by atoms with Gasteiger partial charge in [-0.05, 0) is 26.0 Å². The molecule has 0 bridgehead atoms. The summed E-state index contributed by atoms with van der Waals surface area (Å²) in [6.45, 7) is 3.23. The first-order chi connectivity index (χ1) is 7.86. The molecule has 1 amide bonds. The van der Waals surface area contributed by atoms with Crippen molar-refractivity contribution in [3.05, 3.63) is 29.8 Å². The maximum absolute atomic E-state index is 11.8. The molecule has 0 aliphatic rings. The molecule has 0 saturated heterocycles. The maximum atomic E-state index is 11.8. The zero-order chi connectivity index (χ0) is 13.1. The van der Waals surface area contributed by atoms with Gasteiger partial charge in [-0.2, -0.15) is 8.42 Å². The second kappa shape index (κ2) is 5.29. The van der Waals surface area contributed by atoms with Crippen molar-refractivity contribution in [2.45, 2.75) is 24.8 Å². The molecule has 5 nitrogen and oxygen atoms in total. The second-order valence-corrected chi connectivity index (χ2v) is 5.19. The van der Waals surface area contributed by atoms with E-state index in [0.717, 1.165) is 5.56 Å². The molecule has 0 radical (unpaired) electrons. The highest BCUT2D eigenvalue weighted by Crippen LogP contribution is 2.14. The number of carbonyl (C=O) groups excluding carboxylic acids is 1. The van der Waals surface area contributed by atoms with Crippen LogP contribution in [0.5, 0.6) is 0 Å². The largest absolute Gasteiger partial charge is 0.357 e. The second-order valence-electron chi connectivity index (χ2n) is 3.62. The van der Waals surface area contributed by atoms with Crippen LogP contribution in [0, 0.1) is 6.92 Å². The quantitative estimate of drug-likeness (QED) is 0.811. The lowest BCUT2D eigenvalue weighted by Gasteiger charge is -2.11. The van der Waals surface area contributed by atoms with E-state index in [1.165, 1.54) is 26.1 Å². The van der Waals surface area contributed by atoms with E-state index in [4.69, 9.17) is 4.18 Å². The van der Waals surface area contributed by atoms with Gasteiger partial charge in [0.2, 0.25) is 5.91 Å². The Labute approximate surface area is 101 Å². The Morgan fingerprint density at radius 1 is 1.29 bits per heavy atom. The van der Waals surface area contributed by atoms with E-state index in [1.807, 2.05) is 6.92 Å². The number of carbonyl (C=O) groups is 1. The zero-order valence-electron chi connectivity index (χ0n) is 9.93. The van der Waals surface area contributed by atoms with Crippen LogP contribution in [0.25, 0.3) is 0 Å². The zero-order valence-corrected chi connectivity index (χ0v) is 10.7. The summed E-state index contributed by atoms with van der Waals surface area (Å²) in [4.78, 5) is 11.2. The van der Waals surface area contributed by atoms with Crippen molar-refractivity contribution in [3.8, 4) is 0 Å². The van der Waals surface area contributed by atoms with Crippen LogP contribution in [0.1, 0.15) is 12.5 Å². The maximum Gasteiger partial charge on any atom is 0.297 e. The van der Waals surface area contributed by atoms with E-state index in [0.29, 0.717) is 0 Å². The lowest BCUT2D eigenvalue weighted by molar-refractivity contribution is -0.126. The van der Waals surface area contributed by atoms with Gasteiger partial charge in [0.25, 0.3) is 10.1 Å².